The van der Waals surface area contributed by atoms with Gasteiger partial charge in [0, 0.05) is 16.8 Å². The van der Waals surface area contributed by atoms with Crippen molar-refractivity contribution in [3.05, 3.63) is 70.4 Å². The summed E-state index contributed by atoms with van der Waals surface area (Å²) in [7, 11) is 0. The highest BCUT2D eigenvalue weighted by Gasteiger charge is 2.39. The fraction of sp³-hybridized carbons (Fsp3) is 0.360. The number of hydrogen-bond acceptors (Lipinski definition) is 9. The Labute approximate surface area is 236 Å². The maximum Gasteiger partial charge on any atom is 0.416 e. The molecule has 4 aromatic rings. The minimum absolute atomic E-state index is 0.102. The number of alkyl halides is 3. The summed E-state index contributed by atoms with van der Waals surface area (Å²) in [6.45, 7) is 3.79. The molecular formula is C25H26ClF3N8O4. The lowest BCUT2D eigenvalue weighted by Gasteiger charge is -2.20. The molecule has 3 heterocycles. The Kier molecular flexibility index (Phi) is 8.49. The highest BCUT2D eigenvalue weighted by atomic mass is 35.5. The second-order valence-corrected chi connectivity index (χ2v) is 10.3. The molecule has 0 aliphatic heterocycles. The first kappa shape index (κ1) is 29.7. The van der Waals surface area contributed by atoms with Crippen molar-refractivity contribution in [2.45, 2.75) is 51.7 Å². The van der Waals surface area contributed by atoms with E-state index in [9.17, 15) is 27.9 Å². The second-order valence-electron chi connectivity index (χ2n) is 9.88. The molecule has 3 aromatic heterocycles. The van der Waals surface area contributed by atoms with E-state index in [4.69, 9.17) is 16.3 Å². The maximum atomic E-state index is 13.1. The van der Waals surface area contributed by atoms with Crippen LogP contribution in [0.3, 0.4) is 0 Å². The van der Waals surface area contributed by atoms with E-state index in [1.54, 1.807) is 26.8 Å². The van der Waals surface area contributed by atoms with E-state index < -0.39 is 36.1 Å². The van der Waals surface area contributed by atoms with Crippen molar-refractivity contribution >= 4 is 23.3 Å². The molecule has 1 atom stereocenters. The largest absolute Gasteiger partial charge is 0.459 e. The molecule has 0 aliphatic carbocycles. The first-order chi connectivity index (χ1) is 19.2. The van der Waals surface area contributed by atoms with Crippen LogP contribution in [0.15, 0.2) is 53.8 Å². The maximum absolute atomic E-state index is 13.1. The summed E-state index contributed by atoms with van der Waals surface area (Å²) in [5.74, 6) is -0.463. The van der Waals surface area contributed by atoms with Crippen molar-refractivity contribution in [2.75, 3.05) is 11.9 Å². The first-order valence-corrected chi connectivity index (χ1v) is 12.6. The van der Waals surface area contributed by atoms with Crippen molar-refractivity contribution in [3.8, 4) is 17.1 Å². The number of anilines is 1. The van der Waals surface area contributed by atoms with Crippen LogP contribution < -0.4 is 11.0 Å². The summed E-state index contributed by atoms with van der Waals surface area (Å²) in [4.78, 5) is 33.5. The van der Waals surface area contributed by atoms with Gasteiger partial charge in [-0.1, -0.05) is 11.6 Å². The molecule has 0 fully saturated rings. The molecule has 0 radical (unpaired) electrons. The smallest absolute Gasteiger partial charge is 0.416 e. The predicted molar refractivity (Wildman–Crippen MR) is 142 cm³/mol. The van der Waals surface area contributed by atoms with Crippen LogP contribution in [0.2, 0.25) is 5.02 Å². The summed E-state index contributed by atoms with van der Waals surface area (Å²) in [5, 5.41) is 21.5. The van der Waals surface area contributed by atoms with Crippen LogP contribution in [-0.2, 0) is 22.6 Å². The fourth-order valence-corrected chi connectivity index (χ4v) is 3.81. The molecule has 1 aromatic carbocycles. The molecule has 0 bridgehead atoms. The van der Waals surface area contributed by atoms with Gasteiger partial charge in [0.2, 0.25) is 0 Å². The number of hydrogen-bond donors (Lipinski definition) is 2. The van der Waals surface area contributed by atoms with E-state index in [1.807, 2.05) is 0 Å². The predicted octanol–water partition coefficient (Wildman–Crippen LogP) is 3.07. The van der Waals surface area contributed by atoms with Crippen molar-refractivity contribution < 1.29 is 27.8 Å². The highest BCUT2D eigenvalue weighted by Crippen LogP contribution is 2.24. The number of pyridine rings is 1. The molecule has 4 rings (SSSR count). The number of carbonyl (C=O) groups is 1. The number of esters is 1. The fourth-order valence-electron chi connectivity index (χ4n) is 3.68. The Hall–Kier alpha value is -4.24. The monoisotopic (exact) mass is 594 g/mol. The van der Waals surface area contributed by atoms with Gasteiger partial charge in [-0.05, 0) is 51.1 Å². The normalized spacial score (nSPS) is 12.8. The average molecular weight is 595 g/mol. The quantitative estimate of drug-likeness (QED) is 0.280. The average Bonchev–Trinajstić information content (AvgIpc) is 3.47. The summed E-state index contributed by atoms with van der Waals surface area (Å²) in [5.41, 5.74) is -0.313. The topological polar surface area (TPSA) is 142 Å². The summed E-state index contributed by atoms with van der Waals surface area (Å²) in [6, 6.07) is 7.60. The number of halogens is 4. The van der Waals surface area contributed by atoms with Gasteiger partial charge in [-0.2, -0.15) is 13.2 Å². The van der Waals surface area contributed by atoms with E-state index in [0.717, 1.165) is 9.25 Å². The lowest BCUT2D eigenvalue weighted by atomic mass is 10.2. The lowest BCUT2D eigenvalue weighted by Crippen LogP contribution is -2.37. The van der Waals surface area contributed by atoms with Crippen LogP contribution in [0, 0.1) is 0 Å². The lowest BCUT2D eigenvalue weighted by molar-refractivity contribution is -0.207. The molecule has 0 spiro atoms. The number of nitrogens with zero attached hydrogens (tertiary/aromatic N) is 7. The van der Waals surface area contributed by atoms with Gasteiger partial charge in [-0.25, -0.2) is 19.1 Å². The Balaban J connectivity index is 1.60. The summed E-state index contributed by atoms with van der Waals surface area (Å²) < 4.78 is 47.6. The number of nitrogens with one attached hydrogen (secondary N) is 1. The first-order valence-electron chi connectivity index (χ1n) is 12.2. The number of ether oxygens (including phenoxy) is 1. The van der Waals surface area contributed by atoms with Crippen LogP contribution in [0.25, 0.3) is 17.1 Å². The van der Waals surface area contributed by atoms with E-state index in [-0.39, 0.29) is 24.7 Å². The number of carbonyl (C=O) groups excluding carboxylic acids is 1. The standard InChI is InChI=1S/C25H26ClF3N8O4/c1-24(2,3)41-21(39)11-31-17-8-9-30-10-18(17)37-14-32-20(33-37)13-36-23(40)35(12-19(38)25(27,28)29)22(34-36)15-4-6-16(26)7-5-15/h4-10,14,19,38H,11-13H2,1-3H3,(H,30,31)/t19-/m0/s1. The zero-order chi connectivity index (χ0) is 29.9. The van der Waals surface area contributed by atoms with Crippen LogP contribution in [0.1, 0.15) is 26.6 Å². The van der Waals surface area contributed by atoms with Crippen molar-refractivity contribution in [2.24, 2.45) is 0 Å². The molecule has 16 heteroatoms. The number of aliphatic hydroxyl groups is 1. The number of aliphatic hydroxyl groups excluding tert-OH is 1. The Morgan fingerprint density at radius 2 is 1.85 bits per heavy atom. The number of rotatable bonds is 9. The van der Waals surface area contributed by atoms with Gasteiger partial charge in [0.1, 0.15) is 30.7 Å². The number of aromatic nitrogens is 7. The Morgan fingerprint density at radius 3 is 2.51 bits per heavy atom. The molecule has 0 saturated carbocycles. The third-order valence-electron chi connectivity index (χ3n) is 5.48. The van der Waals surface area contributed by atoms with Gasteiger partial charge in [-0.3, -0.25) is 14.3 Å². The van der Waals surface area contributed by atoms with Crippen molar-refractivity contribution in [1.29, 1.82) is 0 Å². The van der Waals surface area contributed by atoms with E-state index in [0.29, 0.717) is 22.0 Å². The third-order valence-corrected chi connectivity index (χ3v) is 5.73. The summed E-state index contributed by atoms with van der Waals surface area (Å²) in [6.07, 6.45) is -3.40. The minimum atomic E-state index is -4.95. The van der Waals surface area contributed by atoms with Crippen LogP contribution in [-0.4, -0.2) is 69.6 Å². The van der Waals surface area contributed by atoms with Gasteiger partial charge in [0.05, 0.1) is 18.4 Å². The van der Waals surface area contributed by atoms with Crippen LogP contribution >= 0.6 is 11.6 Å². The van der Waals surface area contributed by atoms with Gasteiger partial charge in [0.15, 0.2) is 17.8 Å². The van der Waals surface area contributed by atoms with Gasteiger partial charge in [0.25, 0.3) is 0 Å². The Bertz CT molecular complexity index is 1580. The molecule has 0 unspecified atom stereocenters. The van der Waals surface area contributed by atoms with Gasteiger partial charge >= 0.3 is 17.8 Å². The SMILES string of the molecule is CC(C)(C)OC(=O)CNc1ccncc1-n1cnc(Cn2nc(-c3ccc(Cl)cc3)n(C[C@H](O)C(F)(F)F)c2=O)n1. The molecule has 0 amide bonds. The van der Waals surface area contributed by atoms with E-state index in [1.165, 1.54) is 47.7 Å². The molecule has 2 N–H and O–H groups in total. The van der Waals surface area contributed by atoms with E-state index in [2.05, 4.69) is 25.5 Å². The Morgan fingerprint density at radius 1 is 1.15 bits per heavy atom. The molecule has 0 saturated heterocycles. The zero-order valence-electron chi connectivity index (χ0n) is 22.1. The second kappa shape index (κ2) is 11.7. The molecule has 218 valence electrons. The summed E-state index contributed by atoms with van der Waals surface area (Å²) >= 11 is 5.92. The molecule has 12 nitrogen and oxygen atoms in total. The molecular weight excluding hydrogens is 569 g/mol. The third kappa shape index (κ3) is 7.49. The molecule has 41 heavy (non-hydrogen) atoms. The number of benzene rings is 1. The van der Waals surface area contributed by atoms with Crippen LogP contribution in [0.5, 0.6) is 0 Å². The molecule has 0 aliphatic rings. The van der Waals surface area contributed by atoms with Gasteiger partial charge in [-0.15, -0.1) is 10.2 Å². The zero-order valence-corrected chi connectivity index (χ0v) is 22.9. The minimum Gasteiger partial charge on any atom is -0.459 e. The van der Waals surface area contributed by atoms with Crippen molar-refractivity contribution in [1.82, 2.24) is 34.1 Å². The van der Waals surface area contributed by atoms with E-state index >= 15 is 0 Å². The van der Waals surface area contributed by atoms with Crippen LogP contribution in [0.4, 0.5) is 18.9 Å². The van der Waals surface area contributed by atoms with Crippen molar-refractivity contribution in [3.63, 3.8) is 0 Å². The highest BCUT2D eigenvalue weighted by molar-refractivity contribution is 6.30. The van der Waals surface area contributed by atoms with Gasteiger partial charge < -0.3 is 15.2 Å².